The molecule has 0 radical (unpaired) electrons. The van der Waals surface area contributed by atoms with Gasteiger partial charge in [0, 0.05) is 29.6 Å². The molecule has 23 heavy (non-hydrogen) atoms. The minimum Gasteiger partial charge on any atom is -0.480 e. The second kappa shape index (κ2) is 7.53. The molecule has 1 aromatic carbocycles. The number of aliphatic carboxylic acids is 1. The van der Waals surface area contributed by atoms with E-state index in [4.69, 9.17) is 34.1 Å². The minimum atomic E-state index is -4.67. The molecule has 0 fully saturated rings. The molecule has 8 N–H and O–H groups in total. The van der Waals surface area contributed by atoms with Crippen LogP contribution in [0.3, 0.4) is 0 Å². The maximum absolute atomic E-state index is 10.8. The van der Waals surface area contributed by atoms with E-state index in [0.717, 1.165) is 27.7 Å². The Labute approximate surface area is 132 Å². The average molecular weight is 345 g/mol. The van der Waals surface area contributed by atoms with Gasteiger partial charge in [-0.05, 0) is 30.2 Å². The van der Waals surface area contributed by atoms with E-state index in [-0.39, 0.29) is 0 Å². The van der Waals surface area contributed by atoms with Crippen LogP contribution in [0.4, 0.5) is 0 Å². The van der Waals surface area contributed by atoms with E-state index in [1.807, 2.05) is 25.1 Å². The van der Waals surface area contributed by atoms with E-state index in [9.17, 15) is 4.79 Å². The smallest absolute Gasteiger partial charge is 0.394 e. The summed E-state index contributed by atoms with van der Waals surface area (Å²) >= 11 is 0. The van der Waals surface area contributed by atoms with Crippen molar-refractivity contribution in [3.05, 3.63) is 35.0 Å². The van der Waals surface area contributed by atoms with Crippen molar-refractivity contribution in [1.29, 1.82) is 0 Å². The van der Waals surface area contributed by atoms with Crippen LogP contribution < -0.4 is 11.5 Å². The van der Waals surface area contributed by atoms with Gasteiger partial charge in [0.2, 0.25) is 0 Å². The number of rotatable bonds is 4. The number of hydrogen-bond acceptors (Lipinski definition) is 5. The highest BCUT2D eigenvalue weighted by molar-refractivity contribution is 7.79. The summed E-state index contributed by atoms with van der Waals surface area (Å²) in [5, 5.41) is 9.90. The van der Waals surface area contributed by atoms with Gasteiger partial charge in [-0.3, -0.25) is 13.9 Å². The van der Waals surface area contributed by atoms with Gasteiger partial charge >= 0.3 is 16.4 Å². The van der Waals surface area contributed by atoms with Gasteiger partial charge in [0.05, 0.1) is 0 Å². The number of nitrogens with one attached hydrogen (secondary N) is 1. The van der Waals surface area contributed by atoms with E-state index in [1.54, 1.807) is 0 Å². The number of H-pyrrole nitrogens is 1. The SMILES string of the molecule is Cc1[nH]c2ccc(CN)cc2c1CC(N)C(=O)O.O=S(=O)(O)O. The van der Waals surface area contributed by atoms with Crippen LogP contribution in [-0.2, 0) is 28.2 Å². The second-order valence-corrected chi connectivity index (χ2v) is 5.80. The summed E-state index contributed by atoms with van der Waals surface area (Å²) in [4.78, 5) is 14.1. The van der Waals surface area contributed by atoms with Crippen molar-refractivity contribution in [3.8, 4) is 0 Å². The first kappa shape index (κ1) is 19.1. The molecule has 2 aromatic rings. The molecule has 0 bridgehead atoms. The van der Waals surface area contributed by atoms with Crippen molar-refractivity contribution in [2.75, 3.05) is 0 Å². The van der Waals surface area contributed by atoms with Gasteiger partial charge in [-0.25, -0.2) is 0 Å². The lowest BCUT2D eigenvalue weighted by molar-refractivity contribution is -0.138. The summed E-state index contributed by atoms with van der Waals surface area (Å²) in [6, 6.07) is 5.02. The molecule has 0 aliphatic rings. The fourth-order valence-electron chi connectivity index (χ4n) is 2.13. The number of carbonyl (C=O) groups is 1. The number of carboxylic acids is 1. The van der Waals surface area contributed by atoms with Crippen LogP contribution >= 0.6 is 0 Å². The zero-order chi connectivity index (χ0) is 17.8. The Hall–Kier alpha value is -1.98. The third-order valence-corrected chi connectivity index (χ3v) is 3.16. The molecule has 0 saturated heterocycles. The number of benzene rings is 1. The lowest BCUT2D eigenvalue weighted by atomic mass is 10.0. The Morgan fingerprint density at radius 3 is 2.39 bits per heavy atom. The van der Waals surface area contributed by atoms with Gasteiger partial charge in [0.25, 0.3) is 0 Å². The third kappa shape index (κ3) is 5.96. The first-order chi connectivity index (χ1) is 10.5. The Morgan fingerprint density at radius 1 is 1.35 bits per heavy atom. The molecule has 128 valence electrons. The van der Waals surface area contributed by atoms with E-state index in [1.165, 1.54) is 0 Å². The fourth-order valence-corrected chi connectivity index (χ4v) is 2.13. The summed E-state index contributed by atoms with van der Waals surface area (Å²) in [6.45, 7) is 2.39. The number of aromatic nitrogens is 1. The summed E-state index contributed by atoms with van der Waals surface area (Å²) in [5.41, 5.74) is 15.1. The molecular formula is C13H19N3O6S. The highest BCUT2D eigenvalue weighted by Gasteiger charge is 2.17. The Kier molecular flexibility index (Phi) is 6.24. The molecule has 1 atom stereocenters. The molecule has 0 saturated carbocycles. The zero-order valence-corrected chi connectivity index (χ0v) is 13.2. The summed E-state index contributed by atoms with van der Waals surface area (Å²) in [5.74, 6) is -0.987. The summed E-state index contributed by atoms with van der Waals surface area (Å²) in [7, 11) is -4.67. The van der Waals surface area contributed by atoms with Gasteiger partial charge in [-0.15, -0.1) is 0 Å². The number of nitrogens with two attached hydrogens (primary N) is 2. The normalized spacial score (nSPS) is 12.6. The summed E-state index contributed by atoms with van der Waals surface area (Å²) in [6.07, 6.45) is 0.315. The average Bonchev–Trinajstić information content (AvgIpc) is 2.72. The van der Waals surface area contributed by atoms with Gasteiger partial charge in [0.1, 0.15) is 6.04 Å². The quantitative estimate of drug-likeness (QED) is 0.426. The van der Waals surface area contributed by atoms with Crippen LogP contribution in [0.25, 0.3) is 10.9 Å². The minimum absolute atomic E-state index is 0.315. The number of aryl methyl sites for hydroxylation is 1. The lowest BCUT2D eigenvalue weighted by Crippen LogP contribution is -2.32. The molecule has 9 nitrogen and oxygen atoms in total. The third-order valence-electron chi connectivity index (χ3n) is 3.16. The highest BCUT2D eigenvalue weighted by atomic mass is 32.3. The zero-order valence-electron chi connectivity index (χ0n) is 12.4. The number of aromatic amines is 1. The van der Waals surface area contributed by atoms with Crippen LogP contribution in [0.2, 0.25) is 0 Å². The van der Waals surface area contributed by atoms with Crippen molar-refractivity contribution in [2.45, 2.75) is 25.9 Å². The fraction of sp³-hybridized carbons (Fsp3) is 0.308. The Morgan fingerprint density at radius 2 is 1.91 bits per heavy atom. The van der Waals surface area contributed by atoms with Crippen LogP contribution in [0.15, 0.2) is 18.2 Å². The van der Waals surface area contributed by atoms with Crippen LogP contribution in [0, 0.1) is 6.92 Å². The maximum atomic E-state index is 10.8. The first-order valence-corrected chi connectivity index (χ1v) is 7.91. The Balaban J connectivity index is 0.000000463. The van der Waals surface area contributed by atoms with Gasteiger partial charge in [-0.2, -0.15) is 8.42 Å². The van der Waals surface area contributed by atoms with Crippen molar-refractivity contribution in [3.63, 3.8) is 0 Å². The maximum Gasteiger partial charge on any atom is 0.394 e. The van der Waals surface area contributed by atoms with Crippen LogP contribution in [-0.4, -0.2) is 39.6 Å². The van der Waals surface area contributed by atoms with E-state index >= 15 is 0 Å². The molecular weight excluding hydrogens is 326 g/mol. The van der Waals surface area contributed by atoms with Gasteiger partial charge < -0.3 is 21.6 Å². The van der Waals surface area contributed by atoms with Crippen LogP contribution in [0.1, 0.15) is 16.8 Å². The van der Waals surface area contributed by atoms with Gasteiger partial charge in [0.15, 0.2) is 0 Å². The molecule has 1 aromatic heterocycles. The molecule has 10 heteroatoms. The molecule has 2 rings (SSSR count). The first-order valence-electron chi connectivity index (χ1n) is 6.51. The molecule has 1 heterocycles. The largest absolute Gasteiger partial charge is 0.480 e. The topological polar surface area (TPSA) is 180 Å². The Bertz CT molecular complexity index is 791. The molecule has 0 amide bonds. The predicted molar refractivity (Wildman–Crippen MR) is 84.4 cm³/mol. The predicted octanol–water partition coefficient (Wildman–Crippen LogP) is 0.237. The molecule has 0 spiro atoms. The van der Waals surface area contributed by atoms with E-state index in [0.29, 0.717) is 13.0 Å². The van der Waals surface area contributed by atoms with Crippen molar-refractivity contribution in [1.82, 2.24) is 4.98 Å². The highest BCUT2D eigenvalue weighted by Crippen LogP contribution is 2.24. The van der Waals surface area contributed by atoms with Crippen molar-refractivity contribution in [2.24, 2.45) is 11.5 Å². The van der Waals surface area contributed by atoms with Gasteiger partial charge in [-0.1, -0.05) is 6.07 Å². The number of carboxylic acid groups (broad SMARTS) is 1. The molecule has 1 unspecified atom stereocenters. The lowest BCUT2D eigenvalue weighted by Gasteiger charge is -2.07. The van der Waals surface area contributed by atoms with E-state index < -0.39 is 22.4 Å². The monoisotopic (exact) mass is 345 g/mol. The molecule has 0 aliphatic carbocycles. The number of fused-ring (bicyclic) bond motifs is 1. The molecule has 0 aliphatic heterocycles. The number of hydrogen-bond donors (Lipinski definition) is 6. The summed E-state index contributed by atoms with van der Waals surface area (Å²) < 4.78 is 31.6. The van der Waals surface area contributed by atoms with Crippen LogP contribution in [0.5, 0.6) is 0 Å². The van der Waals surface area contributed by atoms with Crippen molar-refractivity contribution < 1.29 is 27.4 Å². The van der Waals surface area contributed by atoms with E-state index in [2.05, 4.69) is 4.98 Å². The second-order valence-electron chi connectivity index (χ2n) is 4.91. The standard InChI is InChI=1S/C13H17N3O2.H2O4S/c1-7-9(5-11(15)13(17)18)10-4-8(6-14)2-3-12(10)16-7;1-5(2,3)4/h2-4,11,16H,5-6,14-15H2,1H3,(H,17,18);(H2,1,2,3,4). The van der Waals surface area contributed by atoms with Crippen molar-refractivity contribution >= 4 is 27.3 Å².